The van der Waals surface area contributed by atoms with Gasteiger partial charge in [-0.3, -0.25) is 4.79 Å². The second-order valence-corrected chi connectivity index (χ2v) is 15.6. The van der Waals surface area contributed by atoms with Crippen LogP contribution in [0.5, 0.6) is 5.75 Å². The van der Waals surface area contributed by atoms with Crippen LogP contribution in [0.2, 0.25) is 5.02 Å². The Hall–Kier alpha value is -2.55. The number of carbonyl (C=O) groups excluding carboxylic acids is 1. The second kappa shape index (κ2) is 12.4. The number of hydrogen-bond acceptors (Lipinski definition) is 6. The Balaban J connectivity index is 1.40. The Labute approximate surface area is 260 Å². The highest BCUT2D eigenvalue weighted by molar-refractivity contribution is 7.90. The molecule has 6 rings (SSSR count). The Morgan fingerprint density at radius 2 is 1.95 bits per heavy atom. The summed E-state index contributed by atoms with van der Waals surface area (Å²) < 4.78 is 36.2. The predicted octanol–water partition coefficient (Wildman–Crippen LogP) is 6.27. The largest absolute Gasteiger partial charge is 0.487 e. The lowest BCUT2D eigenvalue weighted by atomic mass is 9.60. The van der Waals surface area contributed by atoms with Crippen LogP contribution in [0.1, 0.15) is 79.8 Å². The number of anilines is 1. The minimum Gasteiger partial charge on any atom is -0.487 e. The molecule has 7 nitrogen and oxygen atoms in total. The minimum absolute atomic E-state index is 0.0553. The maximum Gasteiger partial charge on any atom is 0.264 e. The molecule has 43 heavy (non-hydrogen) atoms. The average Bonchev–Trinajstić information content (AvgIpc) is 3.80. The van der Waals surface area contributed by atoms with Crippen molar-refractivity contribution in [3.8, 4) is 5.75 Å². The molecule has 2 saturated carbocycles. The molecule has 0 saturated heterocycles. The fraction of sp³-hybridized carbons (Fsp3) is 0.559. The van der Waals surface area contributed by atoms with Gasteiger partial charge in [0.25, 0.3) is 5.91 Å². The molecule has 4 atom stereocenters. The fourth-order valence-corrected chi connectivity index (χ4v) is 9.07. The quantitative estimate of drug-likeness (QED) is 0.390. The Morgan fingerprint density at radius 3 is 2.70 bits per heavy atom. The van der Waals surface area contributed by atoms with Crippen LogP contribution in [0, 0.1) is 23.2 Å². The van der Waals surface area contributed by atoms with E-state index in [2.05, 4.69) is 21.8 Å². The van der Waals surface area contributed by atoms with Crippen molar-refractivity contribution >= 4 is 33.2 Å². The lowest BCUT2D eigenvalue weighted by Gasteiger charge is -2.49. The van der Waals surface area contributed by atoms with E-state index in [-0.39, 0.29) is 23.9 Å². The highest BCUT2D eigenvalue weighted by Crippen LogP contribution is 2.49. The number of carbonyl (C=O) groups is 1. The molecule has 0 unspecified atom stereocenters. The number of halogens is 1. The first kappa shape index (κ1) is 30.5. The van der Waals surface area contributed by atoms with E-state index in [1.807, 2.05) is 25.1 Å². The van der Waals surface area contributed by atoms with Crippen LogP contribution in [-0.2, 0) is 23.1 Å². The van der Waals surface area contributed by atoms with Gasteiger partial charge in [0.15, 0.2) is 0 Å². The van der Waals surface area contributed by atoms with Crippen LogP contribution in [0.3, 0.4) is 0 Å². The molecule has 2 aliphatic heterocycles. The van der Waals surface area contributed by atoms with E-state index in [4.69, 9.17) is 16.3 Å². The molecule has 2 aliphatic carbocycles. The van der Waals surface area contributed by atoms with Gasteiger partial charge < -0.3 is 14.7 Å². The van der Waals surface area contributed by atoms with Crippen molar-refractivity contribution in [2.75, 3.05) is 24.6 Å². The predicted molar refractivity (Wildman–Crippen MR) is 170 cm³/mol. The third kappa shape index (κ3) is 6.62. The number of fused-ring (bicyclic) bond motifs is 3. The normalized spacial score (nSPS) is 30.1. The zero-order chi connectivity index (χ0) is 30.2. The molecule has 2 aromatic carbocycles. The van der Waals surface area contributed by atoms with Gasteiger partial charge in [0.2, 0.25) is 10.0 Å². The Morgan fingerprint density at radius 1 is 1.12 bits per heavy atom. The molecule has 0 aromatic heterocycles. The maximum absolute atomic E-state index is 13.7. The van der Waals surface area contributed by atoms with Crippen molar-refractivity contribution in [2.24, 2.45) is 23.2 Å². The van der Waals surface area contributed by atoms with E-state index >= 15 is 0 Å². The lowest BCUT2D eigenvalue weighted by molar-refractivity contribution is 0.0218. The van der Waals surface area contributed by atoms with Gasteiger partial charge in [0, 0.05) is 29.1 Å². The summed E-state index contributed by atoms with van der Waals surface area (Å²) in [5.41, 5.74) is 3.00. The number of benzene rings is 2. The number of ether oxygens (including phenoxy) is 1. The number of allylic oxidation sites excluding steroid dienone is 1. The van der Waals surface area contributed by atoms with Crippen molar-refractivity contribution < 1.29 is 23.1 Å². The first-order valence-electron chi connectivity index (χ1n) is 15.8. The third-order valence-electron chi connectivity index (χ3n) is 10.2. The first-order valence-corrected chi connectivity index (χ1v) is 17.7. The third-order valence-corrected chi connectivity index (χ3v) is 12.4. The van der Waals surface area contributed by atoms with Gasteiger partial charge in [0.05, 0.1) is 17.5 Å². The summed E-state index contributed by atoms with van der Waals surface area (Å²) in [4.78, 5) is 15.8. The monoisotopic (exact) mass is 626 g/mol. The van der Waals surface area contributed by atoms with Crippen LogP contribution in [0.4, 0.5) is 5.69 Å². The number of sulfonamides is 1. The number of rotatable bonds is 3. The summed E-state index contributed by atoms with van der Waals surface area (Å²) in [5, 5.41) is 10.7. The van der Waals surface area contributed by atoms with Crippen LogP contribution in [0.15, 0.2) is 48.6 Å². The standard InChI is InChI=1S/C34H43ClN2O5S/c1-23-5-4-14-34(22-38)15-13-28(34)20-37-16-3-2-6-25-18-29(35)11-9-27(25)21-42-31-12-10-26(19-30(31)37)33(39)36-43(40,41)32(23)17-24-7-8-24/h4,9-12,14,18-19,23-24,28,32,38H,2-3,5-8,13,15-17,20-22H2,1H3,(H,36,39)/b14-4-/t23-,28-,32+,34+/m0/s1. The molecule has 2 fully saturated rings. The topological polar surface area (TPSA) is 95.9 Å². The molecule has 2 heterocycles. The van der Waals surface area contributed by atoms with Gasteiger partial charge in [-0.2, -0.15) is 0 Å². The number of amides is 1. The average molecular weight is 627 g/mol. The van der Waals surface area contributed by atoms with E-state index < -0.39 is 21.2 Å². The maximum atomic E-state index is 13.7. The Kier molecular flexibility index (Phi) is 8.82. The van der Waals surface area contributed by atoms with Crippen LogP contribution >= 0.6 is 11.6 Å². The number of nitrogens with zero attached hydrogens (tertiary/aromatic N) is 1. The lowest BCUT2D eigenvalue weighted by Crippen LogP contribution is -2.48. The number of hydrogen-bond donors (Lipinski definition) is 2. The summed E-state index contributed by atoms with van der Waals surface area (Å²) >= 11 is 6.32. The zero-order valence-electron chi connectivity index (χ0n) is 24.9. The molecule has 9 heteroatoms. The number of nitrogens with one attached hydrogen (secondary N) is 1. The van der Waals surface area contributed by atoms with E-state index in [0.717, 1.165) is 62.7 Å². The summed E-state index contributed by atoms with van der Waals surface area (Å²) in [6.45, 7) is 3.84. The fourth-order valence-electron chi connectivity index (χ4n) is 7.10. The molecule has 0 spiro atoms. The van der Waals surface area contributed by atoms with Gasteiger partial charge in [0.1, 0.15) is 12.4 Å². The first-order chi connectivity index (χ1) is 20.7. The number of aliphatic hydroxyl groups excluding tert-OH is 1. The molecule has 4 aliphatic rings. The smallest absolute Gasteiger partial charge is 0.264 e. The SMILES string of the molecule is C[C@H]1C/C=C\[C@]2(CO)CC[C@H]2CN2CCCCc3cc(Cl)ccc3COc3ccc(cc32)C(=O)NS(=O)(=O)[C@@H]1CC1CC1. The van der Waals surface area contributed by atoms with E-state index in [1.165, 1.54) is 5.56 Å². The molecule has 2 bridgehead atoms. The van der Waals surface area contributed by atoms with E-state index in [0.29, 0.717) is 48.2 Å². The highest BCUT2D eigenvalue weighted by atomic mass is 35.5. The van der Waals surface area contributed by atoms with Crippen molar-refractivity contribution in [3.05, 3.63) is 70.3 Å². The van der Waals surface area contributed by atoms with Crippen molar-refractivity contribution in [1.29, 1.82) is 0 Å². The second-order valence-electron chi connectivity index (χ2n) is 13.2. The van der Waals surface area contributed by atoms with E-state index in [1.54, 1.807) is 18.2 Å². The molecule has 2 aromatic rings. The molecule has 0 radical (unpaired) electrons. The van der Waals surface area contributed by atoms with Gasteiger partial charge in [-0.1, -0.05) is 49.6 Å². The molecular formula is C34H43ClN2O5S. The molecule has 232 valence electrons. The zero-order valence-corrected chi connectivity index (χ0v) is 26.5. The van der Waals surface area contributed by atoms with Crippen molar-refractivity contribution in [2.45, 2.75) is 76.6 Å². The number of aliphatic hydroxyl groups is 1. The molecule has 2 N–H and O–H groups in total. The van der Waals surface area contributed by atoms with Gasteiger partial charge in [-0.15, -0.1) is 0 Å². The van der Waals surface area contributed by atoms with E-state index in [9.17, 15) is 18.3 Å². The summed E-state index contributed by atoms with van der Waals surface area (Å²) in [6.07, 6.45) is 12.1. The van der Waals surface area contributed by atoms with Crippen LogP contribution < -0.4 is 14.4 Å². The van der Waals surface area contributed by atoms with Crippen LogP contribution in [0.25, 0.3) is 0 Å². The summed E-state index contributed by atoms with van der Waals surface area (Å²) in [5.74, 6) is 0.504. The van der Waals surface area contributed by atoms with Gasteiger partial charge in [-0.25, -0.2) is 13.1 Å². The molecule has 1 amide bonds. The van der Waals surface area contributed by atoms with Gasteiger partial charge in [-0.05, 0) is 104 Å². The summed E-state index contributed by atoms with van der Waals surface area (Å²) in [6, 6.07) is 11.1. The van der Waals surface area contributed by atoms with Crippen molar-refractivity contribution in [3.63, 3.8) is 0 Å². The molecular weight excluding hydrogens is 584 g/mol. The van der Waals surface area contributed by atoms with Gasteiger partial charge >= 0.3 is 0 Å². The number of aryl methyl sites for hydroxylation is 1. The van der Waals surface area contributed by atoms with Crippen molar-refractivity contribution in [1.82, 2.24) is 4.72 Å². The minimum atomic E-state index is -3.92. The highest BCUT2D eigenvalue weighted by Gasteiger charge is 2.45. The summed E-state index contributed by atoms with van der Waals surface area (Å²) in [7, 11) is -3.92. The van der Waals surface area contributed by atoms with Crippen LogP contribution in [-0.4, -0.2) is 44.4 Å². The Bertz CT molecular complexity index is 1490.